The number of anilines is 1. The second-order valence-corrected chi connectivity index (χ2v) is 8.87. The van der Waals surface area contributed by atoms with Crippen LogP contribution in [0.1, 0.15) is 24.4 Å². The molecule has 2 atom stereocenters. The first-order chi connectivity index (χ1) is 15.2. The lowest BCUT2D eigenvalue weighted by atomic mass is 9.96. The van der Waals surface area contributed by atoms with Crippen molar-refractivity contribution in [3.63, 3.8) is 0 Å². The number of rotatable bonds is 5. The van der Waals surface area contributed by atoms with Crippen molar-refractivity contribution in [2.75, 3.05) is 18.0 Å². The Balaban J connectivity index is 1.42. The first kappa shape index (κ1) is 19.6. The van der Waals surface area contributed by atoms with Gasteiger partial charge < -0.3 is 9.88 Å². The zero-order chi connectivity index (χ0) is 21.4. The molecule has 0 aromatic carbocycles. The number of H-pyrrole nitrogens is 1. The molecule has 0 bridgehead atoms. The summed E-state index contributed by atoms with van der Waals surface area (Å²) >= 11 is 7.66. The smallest absolute Gasteiger partial charge is 0.137 e. The van der Waals surface area contributed by atoms with E-state index in [2.05, 4.69) is 32.1 Å². The Morgan fingerprint density at radius 1 is 1.35 bits per heavy atom. The molecular formula is C22H18ClN7S. The third-order valence-corrected chi connectivity index (χ3v) is 7.37. The van der Waals surface area contributed by atoms with E-state index in [1.807, 2.05) is 40.8 Å². The average Bonchev–Trinajstić information content (AvgIpc) is 3.57. The number of nitrogens with zero attached hydrogens (tertiary/aromatic N) is 6. The molecule has 4 aromatic rings. The second-order valence-electron chi connectivity index (χ2n) is 7.61. The van der Waals surface area contributed by atoms with Gasteiger partial charge in [0, 0.05) is 53.9 Å². The standard InChI is InChI=1S/C22H18ClN7S/c23-19-13-31-22(18(19)9-25)29-8-4-14(11-29)20(1-5-24)30-12-15(10-28-30)16-2-6-26-21-17(16)3-7-27-21/h2-3,6-7,10,12-14,20H,1,4,8,11H2,(H,26,27). The monoisotopic (exact) mass is 447 g/mol. The van der Waals surface area contributed by atoms with Gasteiger partial charge in [-0.1, -0.05) is 11.6 Å². The quantitative estimate of drug-likeness (QED) is 0.464. The first-order valence-electron chi connectivity index (χ1n) is 9.95. The van der Waals surface area contributed by atoms with Gasteiger partial charge in [-0.15, -0.1) is 11.3 Å². The molecule has 7 nitrogen and oxygen atoms in total. The minimum absolute atomic E-state index is 0.0340. The number of pyridine rings is 1. The molecule has 5 rings (SSSR count). The Hall–Kier alpha value is -3.33. The largest absolute Gasteiger partial charge is 0.362 e. The van der Waals surface area contributed by atoms with Gasteiger partial charge >= 0.3 is 0 Å². The summed E-state index contributed by atoms with van der Waals surface area (Å²) in [5.41, 5.74) is 3.45. The highest BCUT2D eigenvalue weighted by atomic mass is 35.5. The van der Waals surface area contributed by atoms with Crippen molar-refractivity contribution in [1.82, 2.24) is 19.7 Å². The van der Waals surface area contributed by atoms with Crippen LogP contribution in [0.25, 0.3) is 22.2 Å². The lowest BCUT2D eigenvalue weighted by Gasteiger charge is -2.23. The van der Waals surface area contributed by atoms with Gasteiger partial charge in [0.1, 0.15) is 22.3 Å². The van der Waals surface area contributed by atoms with Crippen LogP contribution in [0.5, 0.6) is 0 Å². The van der Waals surface area contributed by atoms with Crippen LogP contribution >= 0.6 is 22.9 Å². The van der Waals surface area contributed by atoms with E-state index < -0.39 is 0 Å². The number of nitrogens with one attached hydrogen (secondary N) is 1. The Bertz CT molecular complexity index is 1320. The summed E-state index contributed by atoms with van der Waals surface area (Å²) < 4.78 is 1.93. The van der Waals surface area contributed by atoms with Crippen LogP contribution in [-0.2, 0) is 0 Å². The third-order valence-electron chi connectivity index (χ3n) is 5.91. The molecule has 1 N–H and O–H groups in total. The summed E-state index contributed by atoms with van der Waals surface area (Å²) in [5.74, 6) is 0.254. The van der Waals surface area contributed by atoms with Crippen molar-refractivity contribution in [1.29, 1.82) is 10.5 Å². The number of fused-ring (bicyclic) bond motifs is 1. The first-order valence-corrected chi connectivity index (χ1v) is 11.2. The zero-order valence-corrected chi connectivity index (χ0v) is 18.1. The van der Waals surface area contributed by atoms with E-state index in [1.54, 1.807) is 6.20 Å². The number of hydrogen-bond acceptors (Lipinski definition) is 6. The van der Waals surface area contributed by atoms with Crippen LogP contribution in [0, 0.1) is 28.6 Å². The highest BCUT2D eigenvalue weighted by molar-refractivity contribution is 7.15. The fourth-order valence-corrected chi connectivity index (χ4v) is 5.63. The number of thiophene rings is 1. The van der Waals surface area contributed by atoms with E-state index in [0.717, 1.165) is 46.7 Å². The average molecular weight is 448 g/mol. The molecule has 1 aliphatic rings. The maximum atomic E-state index is 9.49. The van der Waals surface area contributed by atoms with Crippen LogP contribution in [0.15, 0.2) is 42.3 Å². The summed E-state index contributed by atoms with van der Waals surface area (Å²) in [7, 11) is 0. The maximum Gasteiger partial charge on any atom is 0.137 e. The van der Waals surface area contributed by atoms with Gasteiger partial charge in [0.25, 0.3) is 0 Å². The van der Waals surface area contributed by atoms with Gasteiger partial charge in [-0.25, -0.2) is 4.98 Å². The predicted molar refractivity (Wildman–Crippen MR) is 121 cm³/mol. The van der Waals surface area contributed by atoms with Crippen LogP contribution in [0.2, 0.25) is 5.02 Å². The van der Waals surface area contributed by atoms with E-state index in [9.17, 15) is 10.5 Å². The topological polar surface area (TPSA) is 97.3 Å². The lowest BCUT2D eigenvalue weighted by molar-refractivity contribution is 0.332. The molecule has 2 unspecified atom stereocenters. The molecule has 1 aliphatic heterocycles. The van der Waals surface area contributed by atoms with Crippen molar-refractivity contribution in [3.8, 4) is 23.3 Å². The second kappa shape index (κ2) is 8.07. The summed E-state index contributed by atoms with van der Waals surface area (Å²) in [6.45, 7) is 1.60. The van der Waals surface area contributed by atoms with E-state index in [1.165, 1.54) is 11.3 Å². The summed E-state index contributed by atoms with van der Waals surface area (Å²) in [6, 6.07) is 8.51. The SMILES string of the molecule is N#CCC(C1CCN(c2scc(Cl)c2C#N)C1)n1cc(-c2ccnc3[nH]ccc23)cn1. The Labute approximate surface area is 188 Å². The molecule has 9 heteroatoms. The molecule has 0 spiro atoms. The number of halogens is 1. The van der Waals surface area contributed by atoms with Crippen molar-refractivity contribution in [2.45, 2.75) is 18.9 Å². The fraction of sp³-hybridized carbons (Fsp3) is 0.273. The summed E-state index contributed by atoms with van der Waals surface area (Å²) in [6.07, 6.45) is 8.85. The van der Waals surface area contributed by atoms with E-state index >= 15 is 0 Å². The van der Waals surface area contributed by atoms with Gasteiger partial charge in [-0.3, -0.25) is 4.68 Å². The van der Waals surface area contributed by atoms with Gasteiger partial charge in [0.15, 0.2) is 0 Å². The molecule has 154 valence electrons. The highest BCUT2D eigenvalue weighted by Crippen LogP contribution is 2.40. The van der Waals surface area contributed by atoms with Crippen molar-refractivity contribution < 1.29 is 0 Å². The van der Waals surface area contributed by atoms with Gasteiger partial charge in [-0.05, 0) is 24.1 Å². The van der Waals surface area contributed by atoms with Crippen molar-refractivity contribution in [3.05, 3.63) is 52.9 Å². The molecule has 0 aliphatic carbocycles. The van der Waals surface area contributed by atoms with E-state index in [0.29, 0.717) is 17.0 Å². The summed E-state index contributed by atoms with van der Waals surface area (Å²) in [4.78, 5) is 9.70. The van der Waals surface area contributed by atoms with Crippen molar-refractivity contribution >= 4 is 39.0 Å². The molecule has 0 saturated carbocycles. The molecule has 1 fully saturated rings. The van der Waals surface area contributed by atoms with Crippen LogP contribution < -0.4 is 4.90 Å². The van der Waals surface area contributed by atoms with Crippen molar-refractivity contribution in [2.24, 2.45) is 5.92 Å². The maximum absolute atomic E-state index is 9.49. The van der Waals surface area contributed by atoms with Gasteiger partial charge in [-0.2, -0.15) is 15.6 Å². The summed E-state index contributed by atoms with van der Waals surface area (Å²) in [5, 5.41) is 27.8. The fourth-order valence-electron chi connectivity index (χ4n) is 4.39. The van der Waals surface area contributed by atoms with Gasteiger partial charge in [0.05, 0.1) is 29.8 Å². The number of aromatic nitrogens is 4. The molecule has 4 aromatic heterocycles. The molecule has 0 radical (unpaired) electrons. The Kier molecular flexibility index (Phi) is 5.11. The predicted octanol–water partition coefficient (Wildman–Crippen LogP) is 4.99. The number of hydrogen-bond donors (Lipinski definition) is 1. The normalized spacial score (nSPS) is 17.0. The van der Waals surface area contributed by atoms with Crippen LogP contribution in [0.4, 0.5) is 5.00 Å². The number of nitriles is 2. The lowest BCUT2D eigenvalue weighted by Crippen LogP contribution is -2.25. The Morgan fingerprint density at radius 3 is 3.10 bits per heavy atom. The molecule has 31 heavy (non-hydrogen) atoms. The molecule has 1 saturated heterocycles. The van der Waals surface area contributed by atoms with E-state index in [4.69, 9.17) is 11.6 Å². The third kappa shape index (κ3) is 3.44. The van der Waals surface area contributed by atoms with E-state index in [-0.39, 0.29) is 12.0 Å². The molecule has 5 heterocycles. The van der Waals surface area contributed by atoms with Gasteiger partial charge in [0.2, 0.25) is 0 Å². The highest BCUT2D eigenvalue weighted by Gasteiger charge is 2.33. The molecular weight excluding hydrogens is 430 g/mol. The molecule has 0 amide bonds. The Morgan fingerprint density at radius 2 is 2.26 bits per heavy atom. The minimum Gasteiger partial charge on any atom is -0.362 e. The minimum atomic E-state index is -0.0340. The zero-order valence-electron chi connectivity index (χ0n) is 16.5. The van der Waals surface area contributed by atoms with Crippen LogP contribution in [-0.4, -0.2) is 32.8 Å². The number of aromatic amines is 1. The van der Waals surface area contributed by atoms with Crippen LogP contribution in [0.3, 0.4) is 0 Å².